The van der Waals surface area contributed by atoms with Gasteiger partial charge in [0.15, 0.2) is 0 Å². The van der Waals surface area contributed by atoms with E-state index in [1.54, 1.807) is 11.3 Å². The van der Waals surface area contributed by atoms with Crippen LogP contribution in [0.5, 0.6) is 0 Å². The van der Waals surface area contributed by atoms with Gasteiger partial charge in [0.05, 0.1) is 16.8 Å². The molecule has 1 aliphatic rings. The Hall–Kier alpha value is -0.410. The van der Waals surface area contributed by atoms with Gasteiger partial charge in [-0.3, -0.25) is 0 Å². The largest absolute Gasteiger partial charge is 0.393 e. The second-order valence-electron chi connectivity index (χ2n) is 4.03. The fourth-order valence-electron chi connectivity index (χ4n) is 2.05. The van der Waals surface area contributed by atoms with E-state index >= 15 is 0 Å². The number of aliphatic hydroxyl groups excluding tert-OH is 1. The van der Waals surface area contributed by atoms with Crippen LogP contribution in [0.3, 0.4) is 0 Å². The molecule has 0 amide bonds. The van der Waals surface area contributed by atoms with E-state index in [4.69, 9.17) is 0 Å². The fraction of sp³-hybridized carbons (Fsp3) is 0.727. The number of aliphatic hydroxyl groups is 1. The third kappa shape index (κ3) is 2.15. The maximum atomic E-state index is 9.41. The van der Waals surface area contributed by atoms with Gasteiger partial charge in [0.2, 0.25) is 0 Å². The van der Waals surface area contributed by atoms with Gasteiger partial charge in [0.1, 0.15) is 0 Å². The molecule has 1 aromatic rings. The molecule has 0 radical (unpaired) electrons. The highest BCUT2D eigenvalue weighted by atomic mass is 32.1. The molecule has 1 aromatic heterocycles. The first kappa shape index (κ1) is 10.1. The number of aromatic nitrogens is 1. The van der Waals surface area contributed by atoms with Crippen molar-refractivity contribution in [3.63, 3.8) is 0 Å². The zero-order chi connectivity index (χ0) is 9.97. The second kappa shape index (κ2) is 4.41. The number of rotatable bonds is 2. The maximum absolute atomic E-state index is 9.41. The van der Waals surface area contributed by atoms with Crippen LogP contribution in [-0.2, 0) is 6.42 Å². The minimum absolute atomic E-state index is 0.0597. The average Bonchev–Trinajstić information content (AvgIpc) is 2.67. The lowest BCUT2D eigenvalue weighted by Gasteiger charge is -2.23. The topological polar surface area (TPSA) is 33.1 Å². The Morgan fingerprint density at radius 3 is 2.71 bits per heavy atom. The number of hydrogen-bond donors (Lipinski definition) is 1. The summed E-state index contributed by atoms with van der Waals surface area (Å²) in [6, 6.07) is 0. The quantitative estimate of drug-likeness (QED) is 0.816. The molecule has 1 heterocycles. The van der Waals surface area contributed by atoms with Crippen LogP contribution in [0.1, 0.15) is 49.2 Å². The molecule has 1 saturated carbocycles. The molecule has 0 spiro atoms. The molecule has 1 fully saturated rings. The number of nitrogens with zero attached hydrogens (tertiary/aromatic N) is 1. The SMILES string of the molecule is CCc1nc(C2CCC(O)CC2)cs1. The molecule has 0 aliphatic heterocycles. The molecule has 1 aliphatic carbocycles. The molecule has 0 unspecified atom stereocenters. The smallest absolute Gasteiger partial charge is 0.0925 e. The highest BCUT2D eigenvalue weighted by Gasteiger charge is 2.22. The van der Waals surface area contributed by atoms with E-state index in [-0.39, 0.29) is 6.10 Å². The van der Waals surface area contributed by atoms with E-state index in [0.717, 1.165) is 32.1 Å². The van der Waals surface area contributed by atoms with Crippen molar-refractivity contribution in [3.05, 3.63) is 16.1 Å². The lowest BCUT2D eigenvalue weighted by molar-refractivity contribution is 0.122. The lowest BCUT2D eigenvalue weighted by Crippen LogP contribution is -2.17. The Labute approximate surface area is 89.0 Å². The molecule has 0 atom stereocenters. The van der Waals surface area contributed by atoms with E-state index in [1.807, 2.05) is 0 Å². The molecule has 78 valence electrons. The second-order valence-corrected chi connectivity index (χ2v) is 4.97. The summed E-state index contributed by atoms with van der Waals surface area (Å²) in [7, 11) is 0. The van der Waals surface area contributed by atoms with Crippen LogP contribution in [0.4, 0.5) is 0 Å². The predicted molar refractivity (Wildman–Crippen MR) is 58.7 cm³/mol. The van der Waals surface area contributed by atoms with Crippen molar-refractivity contribution in [2.75, 3.05) is 0 Å². The van der Waals surface area contributed by atoms with Gasteiger partial charge in [-0.15, -0.1) is 11.3 Å². The van der Waals surface area contributed by atoms with Gasteiger partial charge in [0.25, 0.3) is 0 Å². The van der Waals surface area contributed by atoms with Crippen LogP contribution in [0.2, 0.25) is 0 Å². The first-order valence-corrected chi connectivity index (χ1v) is 6.30. The Balaban J connectivity index is 2.01. The van der Waals surface area contributed by atoms with Crippen molar-refractivity contribution in [1.29, 1.82) is 0 Å². The molecule has 0 saturated heterocycles. The molecule has 2 nitrogen and oxygen atoms in total. The van der Waals surface area contributed by atoms with Crippen LogP contribution >= 0.6 is 11.3 Å². The predicted octanol–water partition coefficient (Wildman–Crippen LogP) is 2.72. The first-order valence-electron chi connectivity index (χ1n) is 5.42. The molecule has 3 heteroatoms. The average molecular weight is 211 g/mol. The van der Waals surface area contributed by atoms with Gasteiger partial charge in [-0.2, -0.15) is 0 Å². The van der Waals surface area contributed by atoms with Gasteiger partial charge in [0, 0.05) is 11.3 Å². The normalized spacial score (nSPS) is 27.9. The van der Waals surface area contributed by atoms with Crippen LogP contribution in [0.25, 0.3) is 0 Å². The highest BCUT2D eigenvalue weighted by molar-refractivity contribution is 7.09. The van der Waals surface area contributed by atoms with Crippen molar-refractivity contribution in [2.45, 2.75) is 51.0 Å². The maximum Gasteiger partial charge on any atom is 0.0925 e. The lowest BCUT2D eigenvalue weighted by atomic mass is 9.86. The molecule has 0 bridgehead atoms. The number of aryl methyl sites for hydroxylation is 1. The fourth-order valence-corrected chi connectivity index (χ4v) is 2.87. The Bertz CT molecular complexity index is 289. The third-order valence-corrected chi connectivity index (χ3v) is 4.00. The van der Waals surface area contributed by atoms with Gasteiger partial charge in [-0.05, 0) is 32.1 Å². The van der Waals surface area contributed by atoms with E-state index < -0.39 is 0 Å². The molecule has 14 heavy (non-hydrogen) atoms. The van der Waals surface area contributed by atoms with Crippen LogP contribution in [0.15, 0.2) is 5.38 Å². The zero-order valence-electron chi connectivity index (χ0n) is 8.57. The van der Waals surface area contributed by atoms with Gasteiger partial charge < -0.3 is 5.11 Å². The first-order chi connectivity index (χ1) is 6.79. The standard InChI is InChI=1S/C11H17NOS/c1-2-11-12-10(7-14-11)8-3-5-9(13)6-4-8/h7-9,13H,2-6H2,1H3. The monoisotopic (exact) mass is 211 g/mol. The summed E-state index contributed by atoms with van der Waals surface area (Å²) in [5.41, 5.74) is 1.26. The van der Waals surface area contributed by atoms with E-state index in [2.05, 4.69) is 17.3 Å². The van der Waals surface area contributed by atoms with Crippen LogP contribution in [-0.4, -0.2) is 16.2 Å². The van der Waals surface area contributed by atoms with Crippen molar-refractivity contribution in [2.24, 2.45) is 0 Å². The Morgan fingerprint density at radius 1 is 1.43 bits per heavy atom. The molecular weight excluding hydrogens is 194 g/mol. The Morgan fingerprint density at radius 2 is 2.14 bits per heavy atom. The zero-order valence-corrected chi connectivity index (χ0v) is 9.39. The van der Waals surface area contributed by atoms with Gasteiger partial charge in [-0.25, -0.2) is 4.98 Å². The summed E-state index contributed by atoms with van der Waals surface area (Å²) in [4.78, 5) is 4.61. The highest BCUT2D eigenvalue weighted by Crippen LogP contribution is 2.33. The van der Waals surface area contributed by atoms with E-state index in [1.165, 1.54) is 10.7 Å². The number of thiazole rings is 1. The summed E-state index contributed by atoms with van der Waals surface area (Å²) in [6.07, 6.45) is 5.09. The minimum Gasteiger partial charge on any atom is -0.393 e. The van der Waals surface area contributed by atoms with Gasteiger partial charge >= 0.3 is 0 Å². The van der Waals surface area contributed by atoms with Crippen molar-refractivity contribution in [3.8, 4) is 0 Å². The summed E-state index contributed by atoms with van der Waals surface area (Å²) in [6.45, 7) is 2.15. The van der Waals surface area contributed by atoms with Gasteiger partial charge in [-0.1, -0.05) is 6.92 Å². The molecular formula is C11H17NOS. The number of hydrogen-bond acceptors (Lipinski definition) is 3. The summed E-state index contributed by atoms with van der Waals surface area (Å²) < 4.78 is 0. The minimum atomic E-state index is -0.0597. The van der Waals surface area contributed by atoms with E-state index in [9.17, 15) is 5.11 Å². The Kier molecular flexibility index (Phi) is 3.19. The summed E-state index contributed by atoms with van der Waals surface area (Å²) in [5.74, 6) is 0.606. The van der Waals surface area contributed by atoms with Crippen molar-refractivity contribution >= 4 is 11.3 Å². The van der Waals surface area contributed by atoms with E-state index in [0.29, 0.717) is 5.92 Å². The molecule has 2 rings (SSSR count). The summed E-state index contributed by atoms with van der Waals surface area (Å²) >= 11 is 1.77. The van der Waals surface area contributed by atoms with Crippen LogP contribution in [0, 0.1) is 0 Å². The van der Waals surface area contributed by atoms with Crippen molar-refractivity contribution < 1.29 is 5.11 Å². The molecule has 0 aromatic carbocycles. The van der Waals surface area contributed by atoms with Crippen LogP contribution < -0.4 is 0 Å². The van der Waals surface area contributed by atoms with Crippen molar-refractivity contribution in [1.82, 2.24) is 4.98 Å². The molecule has 1 N–H and O–H groups in total. The summed E-state index contributed by atoms with van der Waals surface area (Å²) in [5, 5.41) is 12.8. The third-order valence-electron chi connectivity index (χ3n) is 2.99.